The molecule has 5 nitrogen and oxygen atoms in total. The molecule has 21 heavy (non-hydrogen) atoms. The third kappa shape index (κ3) is 3.56. The Balaban J connectivity index is 1.95. The fourth-order valence-corrected chi connectivity index (χ4v) is 3.59. The lowest BCUT2D eigenvalue weighted by Gasteiger charge is -2.34. The number of nitrogens with zero attached hydrogens (tertiary/aromatic N) is 2. The molecule has 116 valence electrons. The summed E-state index contributed by atoms with van der Waals surface area (Å²) in [6, 6.07) is 1.98. The summed E-state index contributed by atoms with van der Waals surface area (Å²) >= 11 is 1.57. The predicted octanol–water partition coefficient (Wildman–Crippen LogP) is 2.11. The largest absolute Gasteiger partial charge is 0.338 e. The zero-order valence-electron chi connectivity index (χ0n) is 12.9. The Bertz CT molecular complexity index is 519. The van der Waals surface area contributed by atoms with Gasteiger partial charge in [-0.3, -0.25) is 4.79 Å². The van der Waals surface area contributed by atoms with Crippen molar-refractivity contribution in [1.82, 2.24) is 15.1 Å². The number of carbonyl (C=O) groups excluding carboxylic acids is 2. The van der Waals surface area contributed by atoms with E-state index in [2.05, 4.69) is 19.2 Å². The van der Waals surface area contributed by atoms with Crippen molar-refractivity contribution in [2.24, 2.45) is 0 Å². The minimum atomic E-state index is -0.0372. The van der Waals surface area contributed by atoms with Crippen molar-refractivity contribution in [3.63, 3.8) is 0 Å². The van der Waals surface area contributed by atoms with Crippen molar-refractivity contribution < 1.29 is 9.59 Å². The second kappa shape index (κ2) is 6.93. The average Bonchev–Trinajstić information content (AvgIpc) is 2.88. The summed E-state index contributed by atoms with van der Waals surface area (Å²) in [6.07, 6.45) is 0.959. The fraction of sp³-hybridized carbons (Fsp3) is 0.600. The molecule has 1 N–H and O–H groups in total. The van der Waals surface area contributed by atoms with Crippen LogP contribution in [-0.2, 0) is 6.42 Å². The molecular formula is C15H23N3O2S. The van der Waals surface area contributed by atoms with E-state index in [-0.39, 0.29) is 11.9 Å². The number of amides is 3. The number of hydrogen-bond donors (Lipinski definition) is 1. The smallest absolute Gasteiger partial charge is 0.317 e. The first-order chi connectivity index (χ1) is 10.1. The van der Waals surface area contributed by atoms with Crippen molar-refractivity contribution >= 4 is 23.3 Å². The molecule has 0 saturated carbocycles. The maximum absolute atomic E-state index is 12.5. The summed E-state index contributed by atoms with van der Waals surface area (Å²) in [6.45, 7) is 9.12. The van der Waals surface area contributed by atoms with Crippen LogP contribution in [0.25, 0.3) is 0 Å². The highest BCUT2D eigenvalue weighted by Gasteiger charge is 2.25. The summed E-state index contributed by atoms with van der Waals surface area (Å²) in [5.74, 6) is 0.0957. The maximum atomic E-state index is 12.5. The molecule has 3 amide bonds. The Labute approximate surface area is 129 Å². The van der Waals surface area contributed by atoms with Crippen LogP contribution in [0.4, 0.5) is 4.79 Å². The second-order valence-electron chi connectivity index (χ2n) is 5.16. The molecule has 0 aliphatic carbocycles. The molecule has 1 aliphatic rings. The number of urea groups is 1. The summed E-state index contributed by atoms with van der Waals surface area (Å²) < 4.78 is 0. The van der Waals surface area contributed by atoms with E-state index in [1.165, 1.54) is 10.4 Å². The van der Waals surface area contributed by atoms with Crippen LogP contribution in [-0.4, -0.2) is 54.5 Å². The van der Waals surface area contributed by atoms with Gasteiger partial charge < -0.3 is 15.1 Å². The second-order valence-corrected chi connectivity index (χ2v) is 6.42. The van der Waals surface area contributed by atoms with Crippen molar-refractivity contribution in [3.8, 4) is 0 Å². The topological polar surface area (TPSA) is 52.7 Å². The van der Waals surface area contributed by atoms with Crippen LogP contribution in [0.15, 0.2) is 6.07 Å². The molecule has 0 bridgehead atoms. The summed E-state index contributed by atoms with van der Waals surface area (Å²) in [4.78, 5) is 29.9. The summed E-state index contributed by atoms with van der Waals surface area (Å²) in [7, 11) is 0. The van der Waals surface area contributed by atoms with Crippen LogP contribution < -0.4 is 5.32 Å². The van der Waals surface area contributed by atoms with Gasteiger partial charge >= 0.3 is 6.03 Å². The molecule has 1 saturated heterocycles. The van der Waals surface area contributed by atoms with Crippen LogP contribution in [0.3, 0.4) is 0 Å². The van der Waals surface area contributed by atoms with E-state index in [4.69, 9.17) is 0 Å². The Morgan fingerprint density at radius 1 is 1.19 bits per heavy atom. The van der Waals surface area contributed by atoms with Gasteiger partial charge in [0.15, 0.2) is 0 Å². The SMILES string of the molecule is CCNC(=O)N1CCN(C(=O)c2cc(CC)c(C)s2)CC1. The van der Waals surface area contributed by atoms with Gasteiger partial charge in [0.25, 0.3) is 5.91 Å². The molecule has 0 aromatic carbocycles. The van der Waals surface area contributed by atoms with E-state index >= 15 is 0 Å². The van der Waals surface area contributed by atoms with Gasteiger partial charge in [-0.15, -0.1) is 11.3 Å². The van der Waals surface area contributed by atoms with E-state index in [1.54, 1.807) is 16.2 Å². The number of hydrogen-bond acceptors (Lipinski definition) is 3. The van der Waals surface area contributed by atoms with Gasteiger partial charge in [0, 0.05) is 37.6 Å². The van der Waals surface area contributed by atoms with Crippen LogP contribution >= 0.6 is 11.3 Å². The quantitative estimate of drug-likeness (QED) is 0.929. The first kappa shape index (κ1) is 15.8. The number of thiophene rings is 1. The highest BCUT2D eigenvalue weighted by Crippen LogP contribution is 2.23. The molecule has 1 aromatic rings. The zero-order valence-corrected chi connectivity index (χ0v) is 13.8. The van der Waals surface area contributed by atoms with Crippen LogP contribution in [0, 0.1) is 6.92 Å². The van der Waals surface area contributed by atoms with Gasteiger partial charge in [-0.1, -0.05) is 6.92 Å². The third-order valence-corrected chi connectivity index (χ3v) is 4.88. The third-order valence-electron chi connectivity index (χ3n) is 3.79. The summed E-state index contributed by atoms with van der Waals surface area (Å²) in [5.41, 5.74) is 1.25. The molecule has 0 unspecified atom stereocenters. The molecular weight excluding hydrogens is 286 g/mol. The fourth-order valence-electron chi connectivity index (χ4n) is 2.51. The molecule has 2 heterocycles. The molecule has 0 spiro atoms. The molecule has 1 fully saturated rings. The summed E-state index contributed by atoms with van der Waals surface area (Å²) in [5, 5.41) is 2.79. The number of carbonyl (C=O) groups is 2. The zero-order chi connectivity index (χ0) is 15.4. The van der Waals surface area contributed by atoms with Gasteiger partial charge in [-0.25, -0.2) is 4.79 Å². The number of nitrogens with one attached hydrogen (secondary N) is 1. The minimum absolute atomic E-state index is 0.0372. The molecule has 1 aliphatic heterocycles. The van der Waals surface area contributed by atoms with E-state index < -0.39 is 0 Å². The Morgan fingerprint density at radius 3 is 2.33 bits per heavy atom. The Hall–Kier alpha value is -1.56. The van der Waals surface area contributed by atoms with Gasteiger partial charge in [0.1, 0.15) is 0 Å². The van der Waals surface area contributed by atoms with Crippen molar-refractivity contribution in [3.05, 3.63) is 21.4 Å². The van der Waals surface area contributed by atoms with Crippen molar-refractivity contribution in [2.75, 3.05) is 32.7 Å². The van der Waals surface area contributed by atoms with Crippen LogP contribution in [0.5, 0.6) is 0 Å². The minimum Gasteiger partial charge on any atom is -0.338 e. The highest BCUT2D eigenvalue weighted by atomic mass is 32.1. The first-order valence-corrected chi connectivity index (χ1v) is 8.29. The highest BCUT2D eigenvalue weighted by molar-refractivity contribution is 7.14. The van der Waals surface area contributed by atoms with Gasteiger partial charge in [0.2, 0.25) is 0 Å². The van der Waals surface area contributed by atoms with E-state index in [0.29, 0.717) is 32.7 Å². The molecule has 0 radical (unpaired) electrons. The van der Waals surface area contributed by atoms with Crippen LogP contribution in [0.1, 0.15) is 34.0 Å². The van der Waals surface area contributed by atoms with Gasteiger partial charge in [-0.2, -0.15) is 0 Å². The average molecular weight is 309 g/mol. The number of piperazine rings is 1. The number of aryl methyl sites for hydroxylation is 2. The monoisotopic (exact) mass is 309 g/mol. The molecule has 2 rings (SSSR count). The lowest BCUT2D eigenvalue weighted by molar-refractivity contribution is 0.0670. The Kier molecular flexibility index (Phi) is 5.22. The van der Waals surface area contributed by atoms with Gasteiger partial charge in [-0.05, 0) is 31.9 Å². The maximum Gasteiger partial charge on any atom is 0.317 e. The molecule has 1 aromatic heterocycles. The van der Waals surface area contributed by atoms with Crippen LogP contribution in [0.2, 0.25) is 0 Å². The number of rotatable bonds is 3. The van der Waals surface area contributed by atoms with Crippen molar-refractivity contribution in [2.45, 2.75) is 27.2 Å². The van der Waals surface area contributed by atoms with E-state index in [1.807, 2.05) is 17.9 Å². The lowest BCUT2D eigenvalue weighted by Crippen LogP contribution is -2.53. The Morgan fingerprint density at radius 2 is 1.81 bits per heavy atom. The lowest BCUT2D eigenvalue weighted by atomic mass is 10.2. The predicted molar refractivity (Wildman–Crippen MR) is 85.0 cm³/mol. The van der Waals surface area contributed by atoms with Crippen molar-refractivity contribution in [1.29, 1.82) is 0 Å². The normalized spacial score (nSPS) is 15.2. The standard InChI is InChI=1S/C15H23N3O2S/c1-4-12-10-13(21-11(12)3)14(19)17-6-8-18(9-7-17)15(20)16-5-2/h10H,4-9H2,1-3H3,(H,16,20). The van der Waals surface area contributed by atoms with E-state index in [0.717, 1.165) is 11.3 Å². The molecule has 6 heteroatoms. The molecule has 0 atom stereocenters. The van der Waals surface area contributed by atoms with E-state index in [9.17, 15) is 9.59 Å². The first-order valence-electron chi connectivity index (χ1n) is 7.48. The van der Waals surface area contributed by atoms with Gasteiger partial charge in [0.05, 0.1) is 4.88 Å².